The van der Waals surface area contributed by atoms with Crippen LogP contribution in [-0.2, 0) is 20.9 Å². The van der Waals surface area contributed by atoms with Gasteiger partial charge in [-0.1, -0.05) is 18.2 Å². The summed E-state index contributed by atoms with van der Waals surface area (Å²) in [5.41, 5.74) is 0.266. The van der Waals surface area contributed by atoms with Crippen molar-refractivity contribution in [1.29, 1.82) is 0 Å². The summed E-state index contributed by atoms with van der Waals surface area (Å²) in [4.78, 5) is 35.7. The second kappa shape index (κ2) is 9.55. The van der Waals surface area contributed by atoms with Gasteiger partial charge in [0.05, 0.1) is 10.5 Å². The van der Waals surface area contributed by atoms with Crippen LogP contribution in [0.5, 0.6) is 0 Å². The minimum absolute atomic E-state index is 0.0783. The lowest BCUT2D eigenvalue weighted by atomic mass is 10.1. The smallest absolute Gasteiger partial charge is 0.410 e. The van der Waals surface area contributed by atoms with Gasteiger partial charge < -0.3 is 14.4 Å². The number of carbonyl (C=O) groups excluding carboxylic acids is 2. The summed E-state index contributed by atoms with van der Waals surface area (Å²) >= 11 is 0. The molecule has 140 valence electrons. The number of para-hydroxylation sites is 1. The molecule has 2 rings (SSSR count). The van der Waals surface area contributed by atoms with Crippen molar-refractivity contribution < 1.29 is 24.0 Å². The molecule has 0 saturated carbocycles. The van der Waals surface area contributed by atoms with E-state index < -0.39 is 11.0 Å². The van der Waals surface area contributed by atoms with E-state index in [1.165, 1.54) is 11.0 Å². The molecule has 1 aromatic rings. The Balaban J connectivity index is 1.77. The zero-order valence-corrected chi connectivity index (χ0v) is 14.5. The normalized spacial score (nSPS) is 14.5. The lowest BCUT2D eigenvalue weighted by Gasteiger charge is -2.31. The van der Waals surface area contributed by atoms with E-state index in [1.807, 2.05) is 0 Å². The van der Waals surface area contributed by atoms with E-state index in [0.717, 1.165) is 0 Å². The molecule has 0 spiro atoms. The Morgan fingerprint density at radius 2 is 2.00 bits per heavy atom. The molecule has 1 aliphatic heterocycles. The van der Waals surface area contributed by atoms with Crippen molar-refractivity contribution in [2.45, 2.75) is 38.4 Å². The molecule has 0 aromatic heterocycles. The van der Waals surface area contributed by atoms with E-state index in [9.17, 15) is 19.7 Å². The summed E-state index contributed by atoms with van der Waals surface area (Å²) in [6.45, 7) is 4.22. The summed E-state index contributed by atoms with van der Waals surface area (Å²) in [6, 6.07) is 6.14. The van der Waals surface area contributed by atoms with Crippen LogP contribution >= 0.6 is 0 Å². The summed E-state index contributed by atoms with van der Waals surface area (Å²) in [5, 5.41) is 11.0. The number of amides is 1. The van der Waals surface area contributed by atoms with Crippen molar-refractivity contribution in [2.24, 2.45) is 0 Å². The number of ether oxygens (including phenoxy) is 2. The van der Waals surface area contributed by atoms with Crippen LogP contribution in [0.25, 0.3) is 0 Å². The van der Waals surface area contributed by atoms with Gasteiger partial charge in [-0.15, -0.1) is 6.58 Å². The number of likely N-dealkylation sites (tertiary alicyclic amines) is 1. The van der Waals surface area contributed by atoms with Crippen LogP contribution < -0.4 is 0 Å². The molecule has 0 unspecified atom stereocenters. The maximum atomic E-state index is 12.1. The molecule has 0 bridgehead atoms. The van der Waals surface area contributed by atoms with Gasteiger partial charge in [0.1, 0.15) is 12.7 Å². The monoisotopic (exact) mass is 362 g/mol. The zero-order chi connectivity index (χ0) is 18.9. The quantitative estimate of drug-likeness (QED) is 0.320. The van der Waals surface area contributed by atoms with Gasteiger partial charge in [0.2, 0.25) is 0 Å². The van der Waals surface area contributed by atoms with Crippen molar-refractivity contribution in [3.63, 3.8) is 0 Å². The first kappa shape index (κ1) is 19.4. The molecule has 1 aromatic carbocycles. The predicted octanol–water partition coefficient (Wildman–Crippen LogP) is 3.21. The van der Waals surface area contributed by atoms with Gasteiger partial charge in [-0.05, 0) is 12.5 Å². The number of rotatable bonds is 7. The Hall–Kier alpha value is -2.90. The fraction of sp³-hybridized carbons (Fsp3) is 0.444. The number of carbonyl (C=O) groups is 2. The summed E-state index contributed by atoms with van der Waals surface area (Å²) in [6.07, 6.45) is 2.90. The molecule has 0 N–H and O–H groups in total. The molecule has 0 aliphatic carbocycles. The van der Waals surface area contributed by atoms with Gasteiger partial charge in [0.25, 0.3) is 5.69 Å². The van der Waals surface area contributed by atoms with Crippen molar-refractivity contribution in [2.75, 3.05) is 13.1 Å². The average molecular weight is 362 g/mol. The molecule has 8 heteroatoms. The summed E-state index contributed by atoms with van der Waals surface area (Å²) in [5.74, 6) is -0.262. The molecule has 1 fully saturated rings. The highest BCUT2D eigenvalue weighted by Gasteiger charge is 2.26. The minimum Gasteiger partial charge on any atom is -0.462 e. The van der Waals surface area contributed by atoms with Gasteiger partial charge in [-0.25, -0.2) is 4.79 Å². The van der Waals surface area contributed by atoms with E-state index in [0.29, 0.717) is 44.3 Å². The van der Waals surface area contributed by atoms with E-state index in [2.05, 4.69) is 6.58 Å². The lowest BCUT2D eigenvalue weighted by Crippen LogP contribution is -2.41. The number of benzene rings is 1. The molecule has 1 amide bonds. The van der Waals surface area contributed by atoms with Crippen molar-refractivity contribution >= 4 is 17.7 Å². The van der Waals surface area contributed by atoms with E-state index >= 15 is 0 Å². The van der Waals surface area contributed by atoms with Crippen LogP contribution in [0.4, 0.5) is 10.5 Å². The van der Waals surface area contributed by atoms with Crippen LogP contribution in [-0.4, -0.2) is 41.1 Å². The second-order valence-corrected chi connectivity index (χ2v) is 5.94. The van der Waals surface area contributed by atoms with E-state index in [4.69, 9.17) is 9.47 Å². The van der Waals surface area contributed by atoms with Crippen molar-refractivity contribution in [1.82, 2.24) is 4.90 Å². The highest BCUT2D eigenvalue weighted by Crippen LogP contribution is 2.20. The first-order chi connectivity index (χ1) is 12.5. The Morgan fingerprint density at radius 1 is 1.31 bits per heavy atom. The third-order valence-electron chi connectivity index (χ3n) is 4.09. The van der Waals surface area contributed by atoms with Crippen LogP contribution in [0.15, 0.2) is 36.9 Å². The standard InChI is InChI=1S/C18H22N2O6/c1-2-3-8-17(21)26-15-9-11-19(12-10-15)18(22)25-13-14-6-4-5-7-16(14)20(23)24/h2,4-7,15H,1,3,8-13H2. The fourth-order valence-electron chi connectivity index (χ4n) is 2.66. The van der Waals surface area contributed by atoms with Crippen LogP contribution in [0, 0.1) is 10.1 Å². The molecular formula is C18H22N2O6. The molecular weight excluding hydrogens is 340 g/mol. The third kappa shape index (κ3) is 5.58. The van der Waals surface area contributed by atoms with E-state index in [-0.39, 0.29) is 24.4 Å². The first-order valence-electron chi connectivity index (χ1n) is 8.45. The van der Waals surface area contributed by atoms with Gasteiger partial charge >= 0.3 is 12.1 Å². The van der Waals surface area contributed by atoms with Gasteiger partial charge in [0.15, 0.2) is 0 Å². The number of nitro benzene ring substituents is 1. The second-order valence-electron chi connectivity index (χ2n) is 5.94. The van der Waals surface area contributed by atoms with Crippen molar-refractivity contribution in [3.8, 4) is 0 Å². The highest BCUT2D eigenvalue weighted by molar-refractivity contribution is 5.70. The number of esters is 1. The predicted molar refractivity (Wildman–Crippen MR) is 93.4 cm³/mol. The summed E-state index contributed by atoms with van der Waals surface area (Å²) < 4.78 is 10.5. The van der Waals surface area contributed by atoms with Gasteiger partial charge in [0, 0.05) is 38.4 Å². The molecule has 26 heavy (non-hydrogen) atoms. The fourth-order valence-corrected chi connectivity index (χ4v) is 2.66. The molecule has 0 radical (unpaired) electrons. The Morgan fingerprint density at radius 3 is 2.65 bits per heavy atom. The van der Waals surface area contributed by atoms with Gasteiger partial charge in [-0.3, -0.25) is 14.9 Å². The summed E-state index contributed by atoms with van der Waals surface area (Å²) in [7, 11) is 0. The molecule has 1 saturated heterocycles. The van der Waals surface area contributed by atoms with Gasteiger partial charge in [-0.2, -0.15) is 0 Å². The number of piperidine rings is 1. The number of allylic oxidation sites excluding steroid dienone is 1. The lowest BCUT2D eigenvalue weighted by molar-refractivity contribution is -0.385. The van der Waals surface area contributed by atoms with E-state index in [1.54, 1.807) is 24.3 Å². The number of nitro groups is 1. The van der Waals surface area contributed by atoms with Crippen LogP contribution in [0.3, 0.4) is 0 Å². The average Bonchev–Trinajstić information content (AvgIpc) is 2.65. The van der Waals surface area contributed by atoms with Crippen LogP contribution in [0.2, 0.25) is 0 Å². The topological polar surface area (TPSA) is 99.0 Å². The Kier molecular flexibility index (Phi) is 7.13. The third-order valence-corrected chi connectivity index (χ3v) is 4.09. The Bertz CT molecular complexity index is 667. The number of hydrogen-bond donors (Lipinski definition) is 0. The molecule has 1 heterocycles. The number of hydrogen-bond acceptors (Lipinski definition) is 6. The zero-order valence-electron chi connectivity index (χ0n) is 14.5. The molecule has 8 nitrogen and oxygen atoms in total. The first-order valence-corrected chi connectivity index (χ1v) is 8.45. The van der Waals surface area contributed by atoms with Crippen LogP contribution in [0.1, 0.15) is 31.2 Å². The highest BCUT2D eigenvalue weighted by atomic mass is 16.6. The Labute approximate surface area is 151 Å². The SMILES string of the molecule is C=CCCC(=O)OC1CCN(C(=O)OCc2ccccc2[N+](=O)[O-])CC1. The van der Waals surface area contributed by atoms with Crippen molar-refractivity contribution in [3.05, 3.63) is 52.6 Å². The number of nitrogens with zero attached hydrogens (tertiary/aromatic N) is 2. The maximum Gasteiger partial charge on any atom is 0.410 e. The maximum absolute atomic E-state index is 12.1. The molecule has 1 aliphatic rings. The largest absolute Gasteiger partial charge is 0.462 e. The minimum atomic E-state index is -0.528. The molecule has 0 atom stereocenters.